The van der Waals surface area contributed by atoms with E-state index in [-0.39, 0.29) is 12.1 Å². The molecule has 2 heterocycles. The minimum absolute atomic E-state index is 0.0189. The number of aromatic nitrogens is 1. The second kappa shape index (κ2) is 10.0. The summed E-state index contributed by atoms with van der Waals surface area (Å²) in [7, 11) is 0. The van der Waals surface area contributed by atoms with Crippen LogP contribution in [-0.2, 0) is 0 Å². The van der Waals surface area contributed by atoms with Crippen molar-refractivity contribution in [1.82, 2.24) is 15.2 Å². The zero-order chi connectivity index (χ0) is 18.9. The average molecular weight is 358 g/mol. The zero-order valence-corrected chi connectivity index (χ0v) is 16.2. The van der Waals surface area contributed by atoms with E-state index in [9.17, 15) is 10.1 Å². The van der Waals surface area contributed by atoms with Gasteiger partial charge in [-0.05, 0) is 37.8 Å². The van der Waals surface area contributed by atoms with E-state index >= 15 is 0 Å². The summed E-state index contributed by atoms with van der Waals surface area (Å²) in [5, 5.41) is 12.4. The molecule has 0 bridgehead atoms. The molecule has 0 radical (unpaired) electrons. The van der Waals surface area contributed by atoms with E-state index in [4.69, 9.17) is 0 Å². The van der Waals surface area contributed by atoms with E-state index in [1.165, 1.54) is 6.42 Å². The minimum atomic E-state index is 0.0189. The molecule has 1 aromatic heterocycles. The van der Waals surface area contributed by atoms with Crippen molar-refractivity contribution in [2.45, 2.75) is 52.5 Å². The van der Waals surface area contributed by atoms with Gasteiger partial charge in [0, 0.05) is 38.4 Å². The molecule has 26 heavy (non-hydrogen) atoms. The third kappa shape index (κ3) is 5.91. The van der Waals surface area contributed by atoms with Crippen molar-refractivity contribution in [2.24, 2.45) is 5.92 Å². The summed E-state index contributed by atoms with van der Waals surface area (Å²) >= 11 is 0. The van der Waals surface area contributed by atoms with Crippen molar-refractivity contribution in [3.8, 4) is 6.07 Å². The Morgan fingerprint density at radius 2 is 2.08 bits per heavy atom. The Balaban J connectivity index is 1.86. The number of hydrogen-bond acceptors (Lipinski definition) is 4. The standard InChI is InChI=1S/C20H31N5O/c1-16(2)7-4-8-17(3)23-20(26)25-12-6-11-24(13-14-25)19-18(15-21)9-5-10-22-19/h5,9-10,16-17H,4,6-8,11-14H2,1-3H3,(H,23,26). The van der Waals surface area contributed by atoms with Gasteiger partial charge in [-0.1, -0.05) is 26.7 Å². The van der Waals surface area contributed by atoms with E-state index < -0.39 is 0 Å². The van der Waals surface area contributed by atoms with Crippen LogP contribution in [0.4, 0.5) is 10.6 Å². The van der Waals surface area contributed by atoms with Crippen molar-refractivity contribution in [2.75, 3.05) is 31.1 Å². The van der Waals surface area contributed by atoms with Crippen LogP contribution >= 0.6 is 0 Å². The maximum absolute atomic E-state index is 12.6. The maximum atomic E-state index is 12.6. The van der Waals surface area contributed by atoms with Crippen LogP contribution in [0.2, 0.25) is 0 Å². The number of rotatable bonds is 6. The summed E-state index contributed by atoms with van der Waals surface area (Å²) in [6.07, 6.45) is 5.94. The number of nitriles is 1. The zero-order valence-electron chi connectivity index (χ0n) is 16.2. The van der Waals surface area contributed by atoms with Crippen LogP contribution in [0.1, 0.15) is 52.0 Å². The molecule has 1 aliphatic heterocycles. The first-order valence-corrected chi connectivity index (χ1v) is 9.66. The summed E-state index contributed by atoms with van der Waals surface area (Å²) in [4.78, 5) is 20.9. The van der Waals surface area contributed by atoms with Gasteiger partial charge in [-0.15, -0.1) is 0 Å². The summed E-state index contributed by atoms with van der Waals surface area (Å²) < 4.78 is 0. The predicted molar refractivity (Wildman–Crippen MR) is 104 cm³/mol. The fourth-order valence-electron chi connectivity index (χ4n) is 3.28. The number of amides is 2. The van der Waals surface area contributed by atoms with Crippen molar-refractivity contribution >= 4 is 11.8 Å². The molecule has 6 nitrogen and oxygen atoms in total. The van der Waals surface area contributed by atoms with Crippen LogP contribution < -0.4 is 10.2 Å². The lowest BCUT2D eigenvalue weighted by atomic mass is 10.0. The van der Waals surface area contributed by atoms with Gasteiger partial charge in [0.15, 0.2) is 0 Å². The van der Waals surface area contributed by atoms with Crippen LogP contribution in [0.5, 0.6) is 0 Å². The fourth-order valence-corrected chi connectivity index (χ4v) is 3.28. The van der Waals surface area contributed by atoms with E-state index in [1.807, 2.05) is 4.90 Å². The van der Waals surface area contributed by atoms with Gasteiger partial charge >= 0.3 is 6.03 Å². The van der Waals surface area contributed by atoms with E-state index in [2.05, 4.69) is 42.0 Å². The molecular weight excluding hydrogens is 326 g/mol. The van der Waals surface area contributed by atoms with Gasteiger partial charge in [-0.3, -0.25) is 0 Å². The number of urea groups is 1. The molecule has 0 saturated carbocycles. The Morgan fingerprint density at radius 3 is 2.81 bits per heavy atom. The van der Waals surface area contributed by atoms with Gasteiger partial charge in [0.05, 0.1) is 5.56 Å². The molecule has 1 saturated heterocycles. The van der Waals surface area contributed by atoms with E-state index in [0.717, 1.165) is 38.2 Å². The lowest BCUT2D eigenvalue weighted by molar-refractivity contribution is 0.197. The highest BCUT2D eigenvalue weighted by molar-refractivity contribution is 5.74. The highest BCUT2D eigenvalue weighted by Crippen LogP contribution is 2.18. The predicted octanol–water partition coefficient (Wildman–Crippen LogP) is 3.39. The molecule has 0 aromatic carbocycles. The fraction of sp³-hybridized carbons (Fsp3) is 0.650. The summed E-state index contributed by atoms with van der Waals surface area (Å²) in [5.74, 6) is 1.43. The quantitative estimate of drug-likeness (QED) is 0.847. The van der Waals surface area contributed by atoms with Crippen LogP contribution in [0, 0.1) is 17.2 Å². The number of carbonyl (C=O) groups is 1. The average Bonchev–Trinajstić information content (AvgIpc) is 2.87. The number of nitrogens with one attached hydrogen (secondary N) is 1. The van der Waals surface area contributed by atoms with Crippen LogP contribution in [0.25, 0.3) is 0 Å². The smallest absolute Gasteiger partial charge is 0.317 e. The maximum Gasteiger partial charge on any atom is 0.317 e. The van der Waals surface area contributed by atoms with Gasteiger partial charge in [0.1, 0.15) is 11.9 Å². The van der Waals surface area contributed by atoms with Gasteiger partial charge in [-0.25, -0.2) is 9.78 Å². The highest BCUT2D eigenvalue weighted by Gasteiger charge is 2.22. The second-order valence-electron chi connectivity index (χ2n) is 7.49. The number of carbonyl (C=O) groups excluding carboxylic acids is 1. The third-order valence-electron chi connectivity index (χ3n) is 4.78. The molecule has 0 spiro atoms. The molecule has 2 amide bonds. The minimum Gasteiger partial charge on any atom is -0.354 e. The third-order valence-corrected chi connectivity index (χ3v) is 4.78. The van der Waals surface area contributed by atoms with Crippen molar-refractivity contribution in [3.05, 3.63) is 23.9 Å². The Bertz CT molecular complexity index is 625. The SMILES string of the molecule is CC(C)CCCC(C)NC(=O)N1CCCN(c2ncccc2C#N)CC1. The number of nitrogens with zero attached hydrogens (tertiary/aromatic N) is 4. The molecule has 6 heteroatoms. The molecule has 2 rings (SSSR count). The summed E-state index contributed by atoms with van der Waals surface area (Å²) in [5.41, 5.74) is 0.587. The van der Waals surface area contributed by atoms with Crippen LogP contribution in [0.3, 0.4) is 0 Å². The molecule has 1 fully saturated rings. The summed E-state index contributed by atoms with van der Waals surface area (Å²) in [6, 6.07) is 5.98. The van der Waals surface area contributed by atoms with Crippen LogP contribution in [0.15, 0.2) is 18.3 Å². The van der Waals surface area contributed by atoms with E-state index in [0.29, 0.717) is 24.6 Å². The number of hydrogen-bond donors (Lipinski definition) is 1. The van der Waals surface area contributed by atoms with Gasteiger partial charge in [0.25, 0.3) is 0 Å². The molecular formula is C20H31N5O. The molecule has 142 valence electrons. The Hall–Kier alpha value is -2.29. The molecule has 1 aromatic rings. The molecule has 0 aliphatic carbocycles. The first-order chi connectivity index (χ1) is 12.5. The van der Waals surface area contributed by atoms with Gasteiger partial charge < -0.3 is 15.1 Å². The lowest BCUT2D eigenvalue weighted by Crippen LogP contribution is -2.45. The first kappa shape index (κ1) is 20.0. The largest absolute Gasteiger partial charge is 0.354 e. The number of pyridine rings is 1. The Labute approximate surface area is 157 Å². The normalized spacial score (nSPS) is 16.1. The molecule has 1 aliphatic rings. The van der Waals surface area contributed by atoms with Crippen molar-refractivity contribution in [1.29, 1.82) is 5.26 Å². The molecule has 1 unspecified atom stereocenters. The second-order valence-corrected chi connectivity index (χ2v) is 7.49. The first-order valence-electron chi connectivity index (χ1n) is 9.66. The van der Waals surface area contributed by atoms with E-state index in [1.54, 1.807) is 18.3 Å². The molecule has 1 N–H and O–H groups in total. The summed E-state index contributed by atoms with van der Waals surface area (Å²) in [6.45, 7) is 9.41. The number of anilines is 1. The van der Waals surface area contributed by atoms with Gasteiger partial charge in [-0.2, -0.15) is 5.26 Å². The Kier molecular flexibility index (Phi) is 7.71. The van der Waals surface area contributed by atoms with Crippen LogP contribution in [-0.4, -0.2) is 48.1 Å². The van der Waals surface area contributed by atoms with Gasteiger partial charge in [0.2, 0.25) is 0 Å². The lowest BCUT2D eigenvalue weighted by Gasteiger charge is -2.25. The Morgan fingerprint density at radius 1 is 1.27 bits per heavy atom. The van der Waals surface area contributed by atoms with Crippen molar-refractivity contribution in [3.63, 3.8) is 0 Å². The van der Waals surface area contributed by atoms with Crippen molar-refractivity contribution < 1.29 is 4.79 Å². The topological polar surface area (TPSA) is 72.3 Å². The highest BCUT2D eigenvalue weighted by atomic mass is 16.2. The molecule has 1 atom stereocenters. The monoisotopic (exact) mass is 357 g/mol.